The van der Waals surface area contributed by atoms with Crippen LogP contribution in [0.25, 0.3) is 0 Å². The molecule has 0 bridgehead atoms. The zero-order chi connectivity index (χ0) is 13.2. The van der Waals surface area contributed by atoms with E-state index < -0.39 is 0 Å². The highest BCUT2D eigenvalue weighted by atomic mass is 32.2. The monoisotopic (exact) mass is 282 g/mol. The largest absolute Gasteiger partial charge is 0.310 e. The predicted octanol–water partition coefficient (Wildman–Crippen LogP) is 3.12. The quantitative estimate of drug-likeness (QED) is 0.838. The van der Waals surface area contributed by atoms with Crippen molar-refractivity contribution in [2.45, 2.75) is 75.0 Å². The fourth-order valence-corrected chi connectivity index (χ4v) is 5.85. The van der Waals surface area contributed by atoms with Crippen LogP contribution in [0.5, 0.6) is 0 Å². The summed E-state index contributed by atoms with van der Waals surface area (Å²) in [5.74, 6) is 1.000. The summed E-state index contributed by atoms with van der Waals surface area (Å²) >= 11 is 2.16. The summed E-state index contributed by atoms with van der Waals surface area (Å²) < 4.78 is 0. The predicted molar refractivity (Wildman–Crippen MR) is 84.9 cm³/mol. The SMILES string of the molecule is CC1CN(CC2CCC3CCCCC3N2)CC(C)S1. The summed E-state index contributed by atoms with van der Waals surface area (Å²) in [5.41, 5.74) is 0. The number of fused-ring (bicyclic) bond motifs is 1. The maximum absolute atomic E-state index is 3.98. The second kappa shape index (κ2) is 6.36. The number of nitrogens with one attached hydrogen (secondary N) is 1. The smallest absolute Gasteiger partial charge is 0.0197 e. The van der Waals surface area contributed by atoms with Gasteiger partial charge in [0.05, 0.1) is 0 Å². The molecule has 19 heavy (non-hydrogen) atoms. The van der Waals surface area contributed by atoms with Gasteiger partial charge in [-0.2, -0.15) is 11.8 Å². The average Bonchev–Trinajstić information content (AvgIpc) is 2.37. The molecule has 3 heteroatoms. The van der Waals surface area contributed by atoms with Gasteiger partial charge in [0.1, 0.15) is 0 Å². The van der Waals surface area contributed by atoms with Crippen LogP contribution in [0.4, 0.5) is 0 Å². The molecule has 2 nitrogen and oxygen atoms in total. The molecular formula is C16H30N2S. The first-order valence-corrected chi connectivity index (χ1v) is 9.29. The highest BCUT2D eigenvalue weighted by Gasteiger charge is 2.33. The molecule has 1 N–H and O–H groups in total. The molecule has 2 saturated heterocycles. The molecule has 3 fully saturated rings. The van der Waals surface area contributed by atoms with E-state index in [1.54, 1.807) is 0 Å². The van der Waals surface area contributed by atoms with Gasteiger partial charge in [-0.05, 0) is 31.6 Å². The van der Waals surface area contributed by atoms with E-state index in [4.69, 9.17) is 0 Å². The second-order valence-corrected chi connectivity index (χ2v) is 8.95. The van der Waals surface area contributed by atoms with Crippen LogP contribution in [0.1, 0.15) is 52.4 Å². The van der Waals surface area contributed by atoms with Gasteiger partial charge in [-0.1, -0.05) is 26.7 Å². The molecule has 0 aromatic heterocycles. The van der Waals surface area contributed by atoms with Crippen molar-refractivity contribution in [2.24, 2.45) is 5.92 Å². The number of hydrogen-bond donors (Lipinski definition) is 1. The zero-order valence-corrected chi connectivity index (χ0v) is 13.4. The average molecular weight is 282 g/mol. The van der Waals surface area contributed by atoms with Crippen molar-refractivity contribution in [3.63, 3.8) is 0 Å². The van der Waals surface area contributed by atoms with Gasteiger partial charge in [-0.15, -0.1) is 0 Å². The lowest BCUT2D eigenvalue weighted by Crippen LogP contribution is -2.54. The van der Waals surface area contributed by atoms with Gasteiger partial charge in [0, 0.05) is 42.2 Å². The van der Waals surface area contributed by atoms with E-state index in [1.807, 2.05) is 0 Å². The van der Waals surface area contributed by atoms with Gasteiger partial charge in [-0.25, -0.2) is 0 Å². The van der Waals surface area contributed by atoms with E-state index in [-0.39, 0.29) is 0 Å². The second-order valence-electron chi connectivity index (χ2n) is 7.07. The van der Waals surface area contributed by atoms with E-state index in [1.165, 1.54) is 58.2 Å². The molecule has 0 aromatic rings. The van der Waals surface area contributed by atoms with Crippen molar-refractivity contribution in [2.75, 3.05) is 19.6 Å². The van der Waals surface area contributed by atoms with Crippen molar-refractivity contribution in [3.8, 4) is 0 Å². The summed E-state index contributed by atoms with van der Waals surface area (Å²) in [6, 6.07) is 1.61. The Morgan fingerprint density at radius 2 is 1.74 bits per heavy atom. The lowest BCUT2D eigenvalue weighted by Gasteiger charge is -2.43. The first-order chi connectivity index (χ1) is 9.20. The van der Waals surface area contributed by atoms with Crippen molar-refractivity contribution >= 4 is 11.8 Å². The van der Waals surface area contributed by atoms with E-state index in [2.05, 4.69) is 35.8 Å². The van der Waals surface area contributed by atoms with Crippen LogP contribution in [0.15, 0.2) is 0 Å². The molecule has 2 aliphatic heterocycles. The Hall–Kier alpha value is 0.270. The van der Waals surface area contributed by atoms with Gasteiger partial charge in [0.15, 0.2) is 0 Å². The Bertz CT molecular complexity index is 286. The molecule has 0 amide bonds. The molecule has 3 aliphatic rings. The molecule has 0 spiro atoms. The van der Waals surface area contributed by atoms with Crippen LogP contribution in [-0.2, 0) is 0 Å². The zero-order valence-electron chi connectivity index (χ0n) is 12.6. The maximum atomic E-state index is 3.98. The number of hydrogen-bond acceptors (Lipinski definition) is 3. The molecular weight excluding hydrogens is 252 g/mol. The summed E-state index contributed by atoms with van der Waals surface area (Å²) in [6.07, 6.45) is 8.74. The molecule has 1 saturated carbocycles. The molecule has 5 unspecified atom stereocenters. The fourth-order valence-electron chi connectivity index (χ4n) is 4.46. The third kappa shape index (κ3) is 3.68. The summed E-state index contributed by atoms with van der Waals surface area (Å²) in [7, 11) is 0. The topological polar surface area (TPSA) is 15.3 Å². The van der Waals surface area contributed by atoms with Gasteiger partial charge in [0.25, 0.3) is 0 Å². The van der Waals surface area contributed by atoms with E-state index in [0.29, 0.717) is 0 Å². The lowest BCUT2D eigenvalue weighted by atomic mass is 9.77. The fraction of sp³-hybridized carbons (Fsp3) is 1.00. The number of thioether (sulfide) groups is 1. The van der Waals surface area contributed by atoms with Crippen molar-refractivity contribution < 1.29 is 0 Å². The highest BCUT2D eigenvalue weighted by Crippen LogP contribution is 2.33. The molecule has 1 aliphatic carbocycles. The van der Waals surface area contributed by atoms with E-state index >= 15 is 0 Å². The van der Waals surface area contributed by atoms with Gasteiger partial charge < -0.3 is 5.32 Å². The third-order valence-corrected chi connectivity index (χ3v) is 6.45. The normalized spacial score (nSPS) is 44.8. The minimum absolute atomic E-state index is 0.766. The van der Waals surface area contributed by atoms with Crippen LogP contribution >= 0.6 is 11.8 Å². The van der Waals surface area contributed by atoms with Gasteiger partial charge >= 0.3 is 0 Å². The molecule has 2 heterocycles. The van der Waals surface area contributed by atoms with Crippen LogP contribution in [0.2, 0.25) is 0 Å². The summed E-state index contributed by atoms with van der Waals surface area (Å²) in [6.45, 7) is 8.65. The number of rotatable bonds is 2. The third-order valence-electron chi connectivity index (χ3n) is 5.22. The highest BCUT2D eigenvalue weighted by molar-refractivity contribution is 8.00. The number of nitrogens with zero attached hydrogens (tertiary/aromatic N) is 1. The van der Waals surface area contributed by atoms with Crippen molar-refractivity contribution in [3.05, 3.63) is 0 Å². The Balaban J connectivity index is 1.50. The van der Waals surface area contributed by atoms with E-state index in [9.17, 15) is 0 Å². The Morgan fingerprint density at radius 1 is 1.00 bits per heavy atom. The first kappa shape index (κ1) is 14.2. The standard InChI is InChI=1S/C16H30N2S/c1-12-9-18(10-13(2)19-12)11-15-8-7-14-5-3-4-6-16(14)17-15/h12-17H,3-11H2,1-2H3. The minimum Gasteiger partial charge on any atom is -0.310 e. The Kier molecular flexibility index (Phi) is 4.76. The molecule has 3 rings (SSSR count). The van der Waals surface area contributed by atoms with Crippen LogP contribution in [0.3, 0.4) is 0 Å². The lowest BCUT2D eigenvalue weighted by molar-refractivity contribution is 0.143. The Labute approximate surface area is 123 Å². The summed E-state index contributed by atoms with van der Waals surface area (Å²) in [4.78, 5) is 2.71. The molecule has 110 valence electrons. The molecule has 0 aromatic carbocycles. The molecule has 0 radical (unpaired) electrons. The van der Waals surface area contributed by atoms with Crippen molar-refractivity contribution in [1.29, 1.82) is 0 Å². The van der Waals surface area contributed by atoms with Crippen LogP contribution < -0.4 is 5.32 Å². The number of piperidine rings is 1. The van der Waals surface area contributed by atoms with Crippen LogP contribution in [0, 0.1) is 5.92 Å². The van der Waals surface area contributed by atoms with Crippen LogP contribution in [-0.4, -0.2) is 47.1 Å². The maximum Gasteiger partial charge on any atom is 0.0197 e. The Morgan fingerprint density at radius 3 is 2.53 bits per heavy atom. The van der Waals surface area contributed by atoms with Gasteiger partial charge in [0.2, 0.25) is 0 Å². The minimum atomic E-state index is 0.766. The van der Waals surface area contributed by atoms with E-state index in [0.717, 1.165) is 28.5 Å². The van der Waals surface area contributed by atoms with Gasteiger partial charge in [-0.3, -0.25) is 4.90 Å². The summed E-state index contributed by atoms with van der Waals surface area (Å²) in [5, 5.41) is 5.61. The van der Waals surface area contributed by atoms with Crippen molar-refractivity contribution in [1.82, 2.24) is 10.2 Å². The molecule has 5 atom stereocenters. The first-order valence-electron chi connectivity index (χ1n) is 8.34.